The molecule has 3 aromatic rings. The van der Waals surface area contributed by atoms with Gasteiger partial charge in [-0.2, -0.15) is 5.10 Å². The lowest BCUT2D eigenvalue weighted by Gasteiger charge is -2.07. The summed E-state index contributed by atoms with van der Waals surface area (Å²) in [6.07, 6.45) is 1.74. The van der Waals surface area contributed by atoms with Gasteiger partial charge in [0, 0.05) is 16.6 Å². The number of nitrogens with one attached hydrogen (secondary N) is 2. The van der Waals surface area contributed by atoms with Crippen molar-refractivity contribution in [2.24, 2.45) is 0 Å². The minimum Gasteiger partial charge on any atom is -0.322 e. The van der Waals surface area contributed by atoms with Gasteiger partial charge >= 0.3 is 0 Å². The number of nitrogens with zero attached hydrogens (tertiary/aromatic N) is 1. The van der Waals surface area contributed by atoms with E-state index in [2.05, 4.69) is 15.5 Å². The molecular formula is C16H15N3O. The van der Waals surface area contributed by atoms with Crippen molar-refractivity contribution in [1.82, 2.24) is 10.2 Å². The van der Waals surface area contributed by atoms with Gasteiger partial charge in [-0.3, -0.25) is 9.89 Å². The number of hydrogen-bond acceptors (Lipinski definition) is 2. The normalized spacial score (nSPS) is 10.7. The summed E-state index contributed by atoms with van der Waals surface area (Å²) in [5.74, 6) is -0.101. The van der Waals surface area contributed by atoms with Gasteiger partial charge in [-0.15, -0.1) is 0 Å². The second-order valence-corrected chi connectivity index (χ2v) is 4.93. The third-order valence-electron chi connectivity index (χ3n) is 3.47. The molecule has 100 valence electrons. The second-order valence-electron chi connectivity index (χ2n) is 4.93. The largest absolute Gasteiger partial charge is 0.322 e. The zero-order valence-corrected chi connectivity index (χ0v) is 11.4. The quantitative estimate of drug-likeness (QED) is 0.745. The van der Waals surface area contributed by atoms with Gasteiger partial charge in [-0.05, 0) is 55.3 Å². The lowest BCUT2D eigenvalue weighted by atomic mass is 10.1. The Hall–Kier alpha value is -2.62. The Balaban J connectivity index is 1.85. The fourth-order valence-corrected chi connectivity index (χ4v) is 2.11. The Morgan fingerprint density at radius 3 is 2.75 bits per heavy atom. The number of H-pyrrole nitrogens is 1. The molecule has 1 aromatic heterocycles. The van der Waals surface area contributed by atoms with E-state index < -0.39 is 0 Å². The zero-order chi connectivity index (χ0) is 14.1. The second kappa shape index (κ2) is 4.81. The van der Waals surface area contributed by atoms with Crippen LogP contribution in [-0.4, -0.2) is 16.1 Å². The minimum atomic E-state index is -0.101. The zero-order valence-electron chi connectivity index (χ0n) is 11.4. The molecule has 0 saturated carbocycles. The van der Waals surface area contributed by atoms with Crippen molar-refractivity contribution in [3.63, 3.8) is 0 Å². The van der Waals surface area contributed by atoms with Gasteiger partial charge in [-0.25, -0.2) is 0 Å². The summed E-state index contributed by atoms with van der Waals surface area (Å²) in [5.41, 5.74) is 4.68. The predicted octanol–water partition coefficient (Wildman–Crippen LogP) is 3.43. The number of anilines is 1. The average Bonchev–Trinajstić information content (AvgIpc) is 2.89. The molecule has 1 amide bonds. The topological polar surface area (TPSA) is 57.8 Å². The first kappa shape index (κ1) is 12.4. The molecule has 3 rings (SSSR count). The molecule has 0 radical (unpaired) electrons. The SMILES string of the molecule is Cc1ccc(C(=O)Nc2ccc3[nH]ncc3c2)cc1C. The van der Waals surface area contributed by atoms with Crippen LogP contribution in [0.5, 0.6) is 0 Å². The van der Waals surface area contributed by atoms with E-state index in [9.17, 15) is 4.79 Å². The molecule has 0 unspecified atom stereocenters. The third kappa shape index (κ3) is 2.28. The number of carbonyl (C=O) groups is 1. The number of aromatic nitrogens is 2. The van der Waals surface area contributed by atoms with Crippen molar-refractivity contribution in [1.29, 1.82) is 0 Å². The molecule has 0 aliphatic rings. The Morgan fingerprint density at radius 1 is 1.10 bits per heavy atom. The fourth-order valence-electron chi connectivity index (χ4n) is 2.11. The van der Waals surface area contributed by atoms with E-state index in [4.69, 9.17) is 0 Å². The van der Waals surface area contributed by atoms with E-state index >= 15 is 0 Å². The molecular weight excluding hydrogens is 250 g/mol. The molecule has 0 atom stereocenters. The summed E-state index contributed by atoms with van der Waals surface area (Å²) in [5, 5.41) is 10.7. The van der Waals surface area contributed by atoms with Crippen LogP contribution in [0.25, 0.3) is 10.9 Å². The lowest BCUT2D eigenvalue weighted by molar-refractivity contribution is 0.102. The number of carbonyl (C=O) groups excluding carboxylic acids is 1. The minimum absolute atomic E-state index is 0.101. The van der Waals surface area contributed by atoms with Crippen molar-refractivity contribution in [3.8, 4) is 0 Å². The highest BCUT2D eigenvalue weighted by molar-refractivity contribution is 6.05. The molecule has 20 heavy (non-hydrogen) atoms. The van der Waals surface area contributed by atoms with E-state index in [0.717, 1.165) is 22.2 Å². The number of amides is 1. The highest BCUT2D eigenvalue weighted by atomic mass is 16.1. The third-order valence-corrected chi connectivity index (χ3v) is 3.47. The Kier molecular flexibility index (Phi) is 2.99. The maximum absolute atomic E-state index is 12.2. The molecule has 2 N–H and O–H groups in total. The number of rotatable bonds is 2. The van der Waals surface area contributed by atoms with Crippen molar-refractivity contribution < 1.29 is 4.79 Å². The van der Waals surface area contributed by atoms with Gasteiger partial charge in [0.05, 0.1) is 11.7 Å². The molecule has 0 spiro atoms. The smallest absolute Gasteiger partial charge is 0.255 e. The van der Waals surface area contributed by atoms with Gasteiger partial charge in [0.1, 0.15) is 0 Å². The molecule has 0 fully saturated rings. The van der Waals surface area contributed by atoms with E-state index in [1.807, 2.05) is 50.2 Å². The van der Waals surface area contributed by atoms with Crippen LogP contribution in [0.1, 0.15) is 21.5 Å². The number of benzene rings is 2. The molecule has 1 heterocycles. The first-order chi connectivity index (χ1) is 9.63. The maximum atomic E-state index is 12.2. The monoisotopic (exact) mass is 265 g/mol. The number of fused-ring (bicyclic) bond motifs is 1. The number of aryl methyl sites for hydroxylation is 2. The predicted molar refractivity (Wildman–Crippen MR) is 80.0 cm³/mol. The molecule has 0 bridgehead atoms. The van der Waals surface area contributed by atoms with Crippen molar-refractivity contribution in [2.75, 3.05) is 5.32 Å². The maximum Gasteiger partial charge on any atom is 0.255 e. The Morgan fingerprint density at radius 2 is 1.95 bits per heavy atom. The highest BCUT2D eigenvalue weighted by Crippen LogP contribution is 2.18. The van der Waals surface area contributed by atoms with E-state index in [1.165, 1.54) is 5.56 Å². The highest BCUT2D eigenvalue weighted by Gasteiger charge is 2.07. The van der Waals surface area contributed by atoms with Crippen LogP contribution >= 0.6 is 0 Å². The molecule has 0 aliphatic heterocycles. The summed E-state index contributed by atoms with van der Waals surface area (Å²) < 4.78 is 0. The van der Waals surface area contributed by atoms with Gasteiger partial charge in [0.2, 0.25) is 0 Å². The average molecular weight is 265 g/mol. The van der Waals surface area contributed by atoms with Gasteiger partial charge in [0.25, 0.3) is 5.91 Å². The van der Waals surface area contributed by atoms with Crippen LogP contribution < -0.4 is 5.32 Å². The number of hydrogen-bond donors (Lipinski definition) is 2. The summed E-state index contributed by atoms with van der Waals surface area (Å²) in [6.45, 7) is 4.04. The summed E-state index contributed by atoms with van der Waals surface area (Å²) in [4.78, 5) is 12.2. The summed E-state index contributed by atoms with van der Waals surface area (Å²) in [6, 6.07) is 11.4. The Labute approximate surface area is 116 Å². The van der Waals surface area contributed by atoms with Crippen molar-refractivity contribution in [2.45, 2.75) is 13.8 Å². The van der Waals surface area contributed by atoms with Crippen LogP contribution in [0, 0.1) is 13.8 Å². The van der Waals surface area contributed by atoms with Crippen LogP contribution in [0.4, 0.5) is 5.69 Å². The number of aromatic amines is 1. The van der Waals surface area contributed by atoms with E-state index in [-0.39, 0.29) is 5.91 Å². The summed E-state index contributed by atoms with van der Waals surface area (Å²) in [7, 11) is 0. The van der Waals surface area contributed by atoms with Crippen LogP contribution in [0.2, 0.25) is 0 Å². The van der Waals surface area contributed by atoms with Crippen LogP contribution in [0.3, 0.4) is 0 Å². The van der Waals surface area contributed by atoms with E-state index in [1.54, 1.807) is 6.20 Å². The van der Waals surface area contributed by atoms with Gasteiger partial charge in [-0.1, -0.05) is 6.07 Å². The molecule has 2 aromatic carbocycles. The van der Waals surface area contributed by atoms with Gasteiger partial charge < -0.3 is 5.32 Å². The first-order valence-electron chi connectivity index (χ1n) is 6.45. The van der Waals surface area contributed by atoms with Crippen LogP contribution in [0.15, 0.2) is 42.6 Å². The summed E-state index contributed by atoms with van der Waals surface area (Å²) >= 11 is 0. The Bertz CT molecular complexity index is 789. The van der Waals surface area contributed by atoms with Crippen LogP contribution in [-0.2, 0) is 0 Å². The molecule has 4 heteroatoms. The standard InChI is InChI=1S/C16H15N3O/c1-10-3-4-12(7-11(10)2)16(20)18-14-5-6-15-13(8-14)9-17-19-15/h3-9H,1-2H3,(H,17,19)(H,18,20). The van der Waals surface area contributed by atoms with Gasteiger partial charge in [0.15, 0.2) is 0 Å². The first-order valence-corrected chi connectivity index (χ1v) is 6.45. The molecule has 0 aliphatic carbocycles. The van der Waals surface area contributed by atoms with E-state index in [0.29, 0.717) is 5.56 Å². The van der Waals surface area contributed by atoms with Crippen molar-refractivity contribution in [3.05, 3.63) is 59.3 Å². The fraction of sp³-hybridized carbons (Fsp3) is 0.125. The molecule has 4 nitrogen and oxygen atoms in total. The van der Waals surface area contributed by atoms with Crippen molar-refractivity contribution >= 4 is 22.5 Å². The lowest BCUT2D eigenvalue weighted by Crippen LogP contribution is -2.12. The molecule has 0 saturated heterocycles.